The van der Waals surface area contributed by atoms with E-state index in [9.17, 15) is 9.59 Å². The Bertz CT molecular complexity index is 797. The highest BCUT2D eigenvalue weighted by Gasteiger charge is 2.04. The van der Waals surface area contributed by atoms with Gasteiger partial charge in [0.25, 0.3) is 5.91 Å². The van der Waals surface area contributed by atoms with Crippen LogP contribution in [0, 0.1) is 11.8 Å². The number of hydrogen-bond donors (Lipinski definition) is 2. The number of amides is 2. The Hall–Kier alpha value is -3.06. The first kappa shape index (κ1) is 18.3. The first-order valence-electron chi connectivity index (χ1n) is 8.18. The van der Waals surface area contributed by atoms with Gasteiger partial charge in [-0.25, -0.2) is 0 Å². The van der Waals surface area contributed by atoms with E-state index in [0.29, 0.717) is 5.56 Å². The summed E-state index contributed by atoms with van der Waals surface area (Å²) in [6, 6.07) is 15.3. The van der Waals surface area contributed by atoms with E-state index in [1.807, 2.05) is 43.3 Å². The Balaban J connectivity index is 2.01. The number of carbonyl (C=O) groups excluding carboxylic acids is 2. The summed E-state index contributed by atoms with van der Waals surface area (Å²) in [6.45, 7) is 3.51. The predicted octanol–water partition coefficient (Wildman–Crippen LogP) is 2.51. The van der Waals surface area contributed by atoms with Gasteiger partial charge in [0.15, 0.2) is 0 Å². The minimum atomic E-state index is -0.108. The van der Waals surface area contributed by atoms with Crippen LogP contribution in [0.25, 0.3) is 0 Å². The summed E-state index contributed by atoms with van der Waals surface area (Å²) in [4.78, 5) is 22.5. The number of rotatable bonds is 4. The quantitative estimate of drug-likeness (QED) is 0.844. The molecule has 0 aliphatic carbocycles. The molecule has 0 spiro atoms. The normalized spacial score (nSPS) is 11.0. The molecule has 1 atom stereocenters. The van der Waals surface area contributed by atoms with Gasteiger partial charge < -0.3 is 10.6 Å². The average Bonchev–Trinajstić information content (AvgIpc) is 2.60. The second-order valence-electron chi connectivity index (χ2n) is 5.91. The van der Waals surface area contributed by atoms with E-state index in [4.69, 9.17) is 0 Å². The highest BCUT2D eigenvalue weighted by Crippen LogP contribution is 2.07. The fourth-order valence-corrected chi connectivity index (χ4v) is 2.47. The minimum absolute atomic E-state index is 0.0163. The molecule has 2 amide bonds. The zero-order valence-electron chi connectivity index (χ0n) is 14.7. The third-order valence-electron chi connectivity index (χ3n) is 3.67. The lowest BCUT2D eigenvalue weighted by Crippen LogP contribution is -2.31. The monoisotopic (exact) mass is 334 g/mol. The number of hydrogen-bond acceptors (Lipinski definition) is 2. The maximum atomic E-state index is 11.5. The Morgan fingerprint density at radius 3 is 1.96 bits per heavy atom. The molecule has 0 fully saturated rings. The van der Waals surface area contributed by atoms with Crippen LogP contribution in [0.4, 0.5) is 0 Å². The SMILES string of the molecule is CNC(=O)c1ccc(C#Cc2ccc(CC(C)NC(C)=O)cc2)cc1. The van der Waals surface area contributed by atoms with Crippen LogP contribution in [-0.4, -0.2) is 24.9 Å². The van der Waals surface area contributed by atoms with Crippen molar-refractivity contribution >= 4 is 11.8 Å². The molecule has 4 heteroatoms. The highest BCUT2D eigenvalue weighted by molar-refractivity contribution is 5.94. The van der Waals surface area contributed by atoms with Gasteiger partial charge in [0.1, 0.15) is 0 Å². The summed E-state index contributed by atoms with van der Waals surface area (Å²) in [7, 11) is 1.61. The number of carbonyl (C=O) groups is 2. The molecular weight excluding hydrogens is 312 g/mol. The molecule has 0 aliphatic heterocycles. The van der Waals surface area contributed by atoms with Crippen LogP contribution in [0.5, 0.6) is 0 Å². The topological polar surface area (TPSA) is 58.2 Å². The predicted molar refractivity (Wildman–Crippen MR) is 99.2 cm³/mol. The first-order valence-corrected chi connectivity index (χ1v) is 8.18. The Kier molecular flexibility index (Phi) is 6.36. The van der Waals surface area contributed by atoms with Crippen molar-refractivity contribution in [3.8, 4) is 11.8 Å². The number of nitrogens with one attached hydrogen (secondary N) is 2. The second kappa shape index (κ2) is 8.70. The van der Waals surface area contributed by atoms with Gasteiger partial charge in [0.2, 0.25) is 5.91 Å². The fraction of sp³-hybridized carbons (Fsp3) is 0.238. The van der Waals surface area contributed by atoms with Gasteiger partial charge in [-0.15, -0.1) is 0 Å². The molecular formula is C21H22N2O2. The third kappa shape index (κ3) is 5.82. The van der Waals surface area contributed by atoms with Crippen molar-refractivity contribution < 1.29 is 9.59 Å². The van der Waals surface area contributed by atoms with Gasteiger partial charge in [-0.3, -0.25) is 9.59 Å². The summed E-state index contributed by atoms with van der Waals surface area (Å²) >= 11 is 0. The molecule has 0 heterocycles. The molecule has 0 saturated heterocycles. The lowest BCUT2D eigenvalue weighted by molar-refractivity contribution is -0.119. The zero-order valence-corrected chi connectivity index (χ0v) is 14.7. The third-order valence-corrected chi connectivity index (χ3v) is 3.67. The summed E-state index contributed by atoms with van der Waals surface area (Å²) in [6.07, 6.45) is 0.786. The molecule has 0 bridgehead atoms. The minimum Gasteiger partial charge on any atom is -0.355 e. The van der Waals surface area contributed by atoms with Gasteiger partial charge in [-0.2, -0.15) is 0 Å². The van der Waals surface area contributed by atoms with Crippen molar-refractivity contribution in [2.75, 3.05) is 7.05 Å². The molecule has 0 saturated carbocycles. The molecule has 0 radical (unpaired) electrons. The first-order chi connectivity index (χ1) is 12.0. The lowest BCUT2D eigenvalue weighted by atomic mass is 10.0. The van der Waals surface area contributed by atoms with E-state index >= 15 is 0 Å². The van der Waals surface area contributed by atoms with E-state index in [-0.39, 0.29) is 17.9 Å². The molecule has 0 aliphatic rings. The second-order valence-corrected chi connectivity index (χ2v) is 5.91. The molecule has 2 rings (SSSR count). The summed E-state index contributed by atoms with van der Waals surface area (Å²) < 4.78 is 0. The molecule has 0 aromatic heterocycles. The molecule has 25 heavy (non-hydrogen) atoms. The van der Waals surface area contributed by atoms with Crippen LogP contribution in [0.3, 0.4) is 0 Å². The van der Waals surface area contributed by atoms with Crippen molar-refractivity contribution in [1.82, 2.24) is 10.6 Å². The van der Waals surface area contributed by atoms with Crippen LogP contribution in [0.1, 0.15) is 40.9 Å². The van der Waals surface area contributed by atoms with Gasteiger partial charge >= 0.3 is 0 Å². The summed E-state index contributed by atoms with van der Waals surface area (Å²) in [5.41, 5.74) is 3.55. The molecule has 128 valence electrons. The van der Waals surface area contributed by atoms with Crippen molar-refractivity contribution in [2.24, 2.45) is 0 Å². The van der Waals surface area contributed by atoms with Crippen LogP contribution >= 0.6 is 0 Å². The van der Waals surface area contributed by atoms with Crippen molar-refractivity contribution in [3.05, 3.63) is 70.8 Å². The molecule has 4 nitrogen and oxygen atoms in total. The molecule has 2 N–H and O–H groups in total. The van der Waals surface area contributed by atoms with E-state index in [0.717, 1.165) is 23.1 Å². The van der Waals surface area contributed by atoms with Crippen LogP contribution in [0.2, 0.25) is 0 Å². The van der Waals surface area contributed by atoms with Crippen LogP contribution in [-0.2, 0) is 11.2 Å². The average molecular weight is 334 g/mol. The summed E-state index contributed by atoms with van der Waals surface area (Å²) in [5.74, 6) is 6.08. The van der Waals surface area contributed by atoms with Crippen LogP contribution < -0.4 is 10.6 Å². The Labute approximate surface area is 148 Å². The highest BCUT2D eigenvalue weighted by atomic mass is 16.2. The van der Waals surface area contributed by atoms with E-state index in [1.165, 1.54) is 6.92 Å². The lowest BCUT2D eigenvalue weighted by Gasteiger charge is -2.12. The fourth-order valence-electron chi connectivity index (χ4n) is 2.47. The van der Waals surface area contributed by atoms with Crippen molar-refractivity contribution in [2.45, 2.75) is 26.3 Å². The standard InChI is InChI=1S/C21H22N2O2/c1-15(23-16(2)24)14-19-8-6-17(7-9-19)4-5-18-10-12-20(13-11-18)21(25)22-3/h6-13,15H,14H2,1-3H3,(H,22,25)(H,23,24). The smallest absolute Gasteiger partial charge is 0.251 e. The van der Waals surface area contributed by atoms with Gasteiger partial charge in [0, 0.05) is 36.7 Å². The van der Waals surface area contributed by atoms with E-state index in [2.05, 4.69) is 22.5 Å². The zero-order chi connectivity index (χ0) is 18.2. The molecule has 2 aromatic carbocycles. The van der Waals surface area contributed by atoms with Gasteiger partial charge in [0.05, 0.1) is 0 Å². The molecule has 1 unspecified atom stereocenters. The van der Waals surface area contributed by atoms with Crippen molar-refractivity contribution in [1.29, 1.82) is 0 Å². The van der Waals surface area contributed by atoms with E-state index < -0.39 is 0 Å². The molecule has 2 aromatic rings. The number of benzene rings is 2. The maximum Gasteiger partial charge on any atom is 0.251 e. The van der Waals surface area contributed by atoms with Gasteiger partial charge in [-0.1, -0.05) is 24.0 Å². The Morgan fingerprint density at radius 2 is 1.48 bits per heavy atom. The largest absolute Gasteiger partial charge is 0.355 e. The van der Waals surface area contributed by atoms with Crippen LogP contribution in [0.15, 0.2) is 48.5 Å². The Morgan fingerprint density at radius 1 is 0.960 bits per heavy atom. The van der Waals surface area contributed by atoms with Gasteiger partial charge in [-0.05, 0) is 55.3 Å². The van der Waals surface area contributed by atoms with E-state index in [1.54, 1.807) is 19.2 Å². The maximum absolute atomic E-state index is 11.5. The van der Waals surface area contributed by atoms with Crippen molar-refractivity contribution in [3.63, 3.8) is 0 Å². The summed E-state index contributed by atoms with van der Waals surface area (Å²) in [5, 5.41) is 5.46.